The van der Waals surface area contributed by atoms with E-state index in [1.807, 2.05) is 36.8 Å². The fourth-order valence-corrected chi connectivity index (χ4v) is 3.67. The van der Waals surface area contributed by atoms with Gasteiger partial charge in [0.1, 0.15) is 0 Å². The van der Waals surface area contributed by atoms with E-state index in [1.54, 1.807) is 4.68 Å². The molecule has 3 amide bonds. The summed E-state index contributed by atoms with van der Waals surface area (Å²) in [5.41, 5.74) is 1.11. The fourth-order valence-electron chi connectivity index (χ4n) is 3.67. The lowest BCUT2D eigenvalue weighted by Gasteiger charge is -2.47. The summed E-state index contributed by atoms with van der Waals surface area (Å²) < 4.78 is 7.81. The monoisotopic (exact) mass is 377 g/mol. The fraction of sp³-hybridized carbons (Fsp3) is 0.737. The van der Waals surface area contributed by atoms with Crippen LogP contribution in [-0.4, -0.2) is 75.9 Å². The lowest BCUT2D eigenvalue weighted by atomic mass is 9.89. The minimum Gasteiger partial charge on any atom is -0.371 e. The first-order valence-corrected chi connectivity index (χ1v) is 9.83. The molecule has 0 aromatic carbocycles. The third-order valence-corrected chi connectivity index (χ3v) is 5.81. The number of piperidine rings is 1. The van der Waals surface area contributed by atoms with E-state index in [0.29, 0.717) is 38.5 Å². The van der Waals surface area contributed by atoms with Crippen LogP contribution in [-0.2, 0) is 11.8 Å². The minimum absolute atomic E-state index is 0.0190. The highest BCUT2D eigenvalue weighted by Crippen LogP contribution is 2.30. The predicted octanol–water partition coefficient (Wildman–Crippen LogP) is 1.54. The summed E-state index contributed by atoms with van der Waals surface area (Å²) in [4.78, 5) is 28.9. The van der Waals surface area contributed by atoms with Crippen LogP contribution in [0, 0.1) is 6.92 Å². The number of likely N-dealkylation sites (tertiary alicyclic amines) is 1. The minimum atomic E-state index is -0.345. The van der Waals surface area contributed by atoms with Gasteiger partial charge >= 0.3 is 6.03 Å². The molecule has 3 heterocycles. The van der Waals surface area contributed by atoms with Gasteiger partial charge in [0.25, 0.3) is 5.91 Å². The van der Waals surface area contributed by atoms with Crippen LogP contribution in [0.1, 0.15) is 49.3 Å². The van der Waals surface area contributed by atoms with Crippen molar-refractivity contribution in [2.45, 2.75) is 51.7 Å². The van der Waals surface area contributed by atoms with Crippen LogP contribution in [0.15, 0.2) is 6.07 Å². The number of nitrogens with zero attached hydrogens (tertiary/aromatic N) is 4. The number of carbonyl (C=O) groups excluding carboxylic acids is 2. The third-order valence-electron chi connectivity index (χ3n) is 5.81. The van der Waals surface area contributed by atoms with Gasteiger partial charge in [-0.25, -0.2) is 4.79 Å². The van der Waals surface area contributed by atoms with E-state index in [9.17, 15) is 9.59 Å². The molecular formula is C19H31N5O3. The molecule has 150 valence electrons. The van der Waals surface area contributed by atoms with Crippen molar-refractivity contribution in [3.63, 3.8) is 0 Å². The highest BCUT2D eigenvalue weighted by Gasteiger charge is 2.42. The quantitative estimate of drug-likeness (QED) is 0.867. The molecule has 1 N–H and O–H groups in total. The standard InChI is InChI=1S/C19H31N5O3/c1-5-14(2)20-18(26)24-10-11-27-19(13-24)6-8-23(9-7-19)17(25)16-12-15(3)22(4)21-16/h12,14H,5-11,13H2,1-4H3,(H,20,26). The van der Waals surface area contributed by atoms with Crippen molar-refractivity contribution in [2.24, 2.45) is 7.05 Å². The Kier molecular flexibility index (Phi) is 5.74. The summed E-state index contributed by atoms with van der Waals surface area (Å²) in [6.45, 7) is 8.98. The predicted molar refractivity (Wildman–Crippen MR) is 102 cm³/mol. The average molecular weight is 377 g/mol. The molecule has 8 heteroatoms. The molecule has 2 aliphatic rings. The van der Waals surface area contributed by atoms with E-state index in [2.05, 4.69) is 17.3 Å². The van der Waals surface area contributed by atoms with E-state index >= 15 is 0 Å². The molecule has 8 nitrogen and oxygen atoms in total. The van der Waals surface area contributed by atoms with Gasteiger partial charge in [0.2, 0.25) is 0 Å². The van der Waals surface area contributed by atoms with Crippen LogP contribution in [0.5, 0.6) is 0 Å². The Morgan fingerprint density at radius 2 is 2.00 bits per heavy atom. The molecule has 1 aromatic heterocycles. The molecule has 0 bridgehead atoms. The van der Waals surface area contributed by atoms with Crippen molar-refractivity contribution in [1.29, 1.82) is 0 Å². The molecule has 1 aromatic rings. The largest absolute Gasteiger partial charge is 0.371 e. The van der Waals surface area contributed by atoms with Gasteiger partial charge in [-0.1, -0.05) is 6.92 Å². The zero-order valence-corrected chi connectivity index (χ0v) is 16.8. The number of ether oxygens (including phenoxy) is 1. The van der Waals surface area contributed by atoms with Gasteiger partial charge in [0, 0.05) is 38.4 Å². The highest BCUT2D eigenvalue weighted by atomic mass is 16.5. The molecule has 0 aliphatic carbocycles. The van der Waals surface area contributed by atoms with Gasteiger partial charge in [0.15, 0.2) is 5.69 Å². The van der Waals surface area contributed by atoms with E-state index in [1.165, 1.54) is 0 Å². The summed E-state index contributed by atoms with van der Waals surface area (Å²) in [5, 5.41) is 7.33. The van der Waals surface area contributed by atoms with Crippen LogP contribution < -0.4 is 5.32 Å². The van der Waals surface area contributed by atoms with Crippen LogP contribution in [0.25, 0.3) is 0 Å². The first-order valence-electron chi connectivity index (χ1n) is 9.83. The maximum absolute atomic E-state index is 12.7. The lowest BCUT2D eigenvalue weighted by molar-refractivity contribution is -0.122. The van der Waals surface area contributed by atoms with E-state index < -0.39 is 0 Å². The van der Waals surface area contributed by atoms with Gasteiger partial charge < -0.3 is 19.9 Å². The van der Waals surface area contributed by atoms with E-state index in [4.69, 9.17) is 4.74 Å². The number of nitrogens with one attached hydrogen (secondary N) is 1. The van der Waals surface area contributed by atoms with Crippen molar-refractivity contribution in [1.82, 2.24) is 24.9 Å². The normalized spacial score (nSPS) is 20.6. The van der Waals surface area contributed by atoms with Gasteiger partial charge in [-0.3, -0.25) is 9.48 Å². The second kappa shape index (κ2) is 7.88. The maximum atomic E-state index is 12.7. The van der Waals surface area contributed by atoms with Crippen LogP contribution in [0.2, 0.25) is 0 Å². The molecule has 1 atom stereocenters. The lowest BCUT2D eigenvalue weighted by Crippen LogP contribution is -2.60. The number of hydrogen-bond acceptors (Lipinski definition) is 4. The maximum Gasteiger partial charge on any atom is 0.317 e. The molecule has 2 saturated heterocycles. The summed E-state index contributed by atoms with van der Waals surface area (Å²) in [6, 6.07) is 1.97. The highest BCUT2D eigenvalue weighted by molar-refractivity contribution is 5.92. The van der Waals surface area contributed by atoms with Gasteiger partial charge in [-0.05, 0) is 39.2 Å². The van der Waals surface area contributed by atoms with Crippen LogP contribution in [0.3, 0.4) is 0 Å². The molecule has 2 fully saturated rings. The number of aromatic nitrogens is 2. The van der Waals surface area contributed by atoms with Crippen molar-refractivity contribution in [2.75, 3.05) is 32.8 Å². The summed E-state index contributed by atoms with van der Waals surface area (Å²) in [7, 11) is 1.84. The number of rotatable bonds is 3. The van der Waals surface area contributed by atoms with Gasteiger partial charge in [-0.15, -0.1) is 0 Å². The molecule has 2 aliphatic heterocycles. The zero-order valence-electron chi connectivity index (χ0n) is 16.8. The summed E-state index contributed by atoms with van der Waals surface area (Å²) in [5.74, 6) is -0.0317. The topological polar surface area (TPSA) is 79.7 Å². The SMILES string of the molecule is CCC(C)NC(=O)N1CCOC2(CCN(C(=O)c3cc(C)n(C)n3)CC2)C1. The Morgan fingerprint density at radius 3 is 2.59 bits per heavy atom. The number of hydrogen-bond donors (Lipinski definition) is 1. The first-order chi connectivity index (χ1) is 12.8. The van der Waals surface area contributed by atoms with E-state index in [0.717, 1.165) is 25.0 Å². The number of urea groups is 1. The number of carbonyl (C=O) groups is 2. The number of amides is 3. The van der Waals surface area contributed by atoms with Crippen LogP contribution in [0.4, 0.5) is 4.79 Å². The Hall–Kier alpha value is -2.09. The molecule has 27 heavy (non-hydrogen) atoms. The smallest absolute Gasteiger partial charge is 0.317 e. The number of morpholine rings is 1. The van der Waals surface area contributed by atoms with Crippen LogP contribution >= 0.6 is 0 Å². The third kappa shape index (κ3) is 4.26. The first kappa shape index (κ1) is 19.7. The van der Waals surface area contributed by atoms with Crippen molar-refractivity contribution >= 4 is 11.9 Å². The molecule has 0 radical (unpaired) electrons. The molecule has 3 rings (SSSR count). The molecule has 1 unspecified atom stereocenters. The van der Waals surface area contributed by atoms with Crippen molar-refractivity contribution in [3.8, 4) is 0 Å². The Balaban J connectivity index is 1.58. The molecule has 0 saturated carbocycles. The van der Waals surface area contributed by atoms with Crippen molar-refractivity contribution in [3.05, 3.63) is 17.5 Å². The summed E-state index contributed by atoms with van der Waals surface area (Å²) in [6.07, 6.45) is 2.38. The number of aryl methyl sites for hydroxylation is 2. The average Bonchev–Trinajstić information content (AvgIpc) is 3.00. The van der Waals surface area contributed by atoms with E-state index in [-0.39, 0.29) is 23.6 Å². The van der Waals surface area contributed by atoms with Crippen molar-refractivity contribution < 1.29 is 14.3 Å². The molecular weight excluding hydrogens is 346 g/mol. The summed E-state index contributed by atoms with van der Waals surface area (Å²) >= 11 is 0. The van der Waals surface area contributed by atoms with Gasteiger partial charge in [-0.2, -0.15) is 5.10 Å². The molecule has 1 spiro atoms. The Labute approximate surface area is 160 Å². The second-order valence-corrected chi connectivity index (χ2v) is 7.80. The van der Waals surface area contributed by atoms with Gasteiger partial charge in [0.05, 0.1) is 18.8 Å². The Morgan fingerprint density at radius 1 is 1.30 bits per heavy atom. The zero-order chi connectivity index (χ0) is 19.6. The second-order valence-electron chi connectivity index (χ2n) is 7.80. The Bertz CT molecular complexity index is 674.